The number of nitrogen functional groups attached to an aromatic ring is 1. The van der Waals surface area contributed by atoms with Gasteiger partial charge in [-0.25, -0.2) is 19.6 Å². The summed E-state index contributed by atoms with van der Waals surface area (Å²) in [4.78, 5) is 28.7. The molecule has 0 bridgehead atoms. The number of para-hydroxylation sites is 1. The van der Waals surface area contributed by atoms with Crippen molar-refractivity contribution >= 4 is 40.7 Å². The number of hydrogen-bond acceptors (Lipinski definition) is 5. The fourth-order valence-electron chi connectivity index (χ4n) is 3.90. The molecule has 196 valence electrons. The van der Waals surface area contributed by atoms with E-state index in [0.717, 1.165) is 6.07 Å². The first-order chi connectivity index (χ1) is 18.2. The Labute approximate surface area is 226 Å². The lowest BCUT2D eigenvalue weighted by Crippen LogP contribution is -2.30. The van der Waals surface area contributed by atoms with Gasteiger partial charge in [-0.2, -0.15) is 0 Å². The molecule has 0 aliphatic heterocycles. The number of amides is 2. The van der Waals surface area contributed by atoms with E-state index in [1.54, 1.807) is 30.3 Å². The number of hydrogen-bond donors (Lipinski definition) is 4. The van der Waals surface area contributed by atoms with Gasteiger partial charge in [0.15, 0.2) is 11.5 Å². The van der Waals surface area contributed by atoms with Gasteiger partial charge in [0.05, 0.1) is 21.4 Å². The van der Waals surface area contributed by atoms with Crippen molar-refractivity contribution in [1.29, 1.82) is 0 Å². The topological polar surface area (TPSA) is 114 Å². The summed E-state index contributed by atoms with van der Waals surface area (Å²) in [6, 6.07) is 15.3. The Bertz CT molecular complexity index is 1530. The van der Waals surface area contributed by atoms with E-state index in [-0.39, 0.29) is 44.4 Å². The second-order valence-electron chi connectivity index (χ2n) is 8.10. The van der Waals surface area contributed by atoms with E-state index in [1.807, 2.05) is 0 Å². The van der Waals surface area contributed by atoms with Gasteiger partial charge in [0.2, 0.25) is 5.91 Å². The maximum absolute atomic E-state index is 15.5. The lowest BCUT2D eigenvalue weighted by atomic mass is 10.1. The quantitative estimate of drug-likeness (QED) is 0.106. The Morgan fingerprint density at radius 2 is 1.76 bits per heavy atom. The number of nitrogens with zero attached hydrogens (tertiary/aromatic N) is 2. The van der Waals surface area contributed by atoms with Crippen LogP contribution in [0.1, 0.15) is 17.4 Å². The van der Waals surface area contributed by atoms with Crippen molar-refractivity contribution in [2.24, 2.45) is 5.84 Å². The molecular weight excluding hydrogens is 537 g/mol. The molecule has 38 heavy (non-hydrogen) atoms. The Morgan fingerprint density at radius 3 is 2.47 bits per heavy atom. The van der Waals surface area contributed by atoms with Crippen molar-refractivity contribution in [2.45, 2.75) is 6.92 Å². The van der Waals surface area contributed by atoms with Crippen LogP contribution in [0.3, 0.4) is 0 Å². The number of anilines is 1. The van der Waals surface area contributed by atoms with Gasteiger partial charge >= 0.3 is 0 Å². The molecule has 1 heterocycles. The third-order valence-corrected chi connectivity index (χ3v) is 6.15. The van der Waals surface area contributed by atoms with Crippen molar-refractivity contribution in [3.05, 3.63) is 88.0 Å². The van der Waals surface area contributed by atoms with Crippen LogP contribution >= 0.6 is 23.2 Å². The molecule has 0 radical (unpaired) electrons. The predicted molar refractivity (Wildman–Crippen MR) is 143 cm³/mol. The van der Waals surface area contributed by atoms with Gasteiger partial charge < -0.3 is 10.6 Å². The number of carbonyl (C=O) groups is 2. The molecule has 0 atom stereocenters. The molecule has 2 amide bonds. The molecule has 0 spiro atoms. The number of nitrogens with two attached hydrogens (primary N) is 1. The fourth-order valence-corrected chi connectivity index (χ4v) is 4.25. The molecule has 12 heteroatoms. The summed E-state index contributed by atoms with van der Waals surface area (Å²) in [7, 11) is 0. The molecule has 0 aliphatic rings. The smallest absolute Gasteiger partial charge is 0.286 e. The number of rotatable bonds is 8. The zero-order valence-electron chi connectivity index (χ0n) is 20.0. The standard InChI is InChI=1S/C26H22Cl2F2N6O2/c1-14(37)32-11-12-33-20-7-3-2-5-16(20)25-34-23(26(38)35-31)24(15-9-10-19(29)18(28)13-15)36(25)21-8-4-6-17(27)22(21)30/h2-10,13,33H,11-12,31H2,1H3,(H,32,37)(H,35,38). The van der Waals surface area contributed by atoms with Crippen molar-refractivity contribution in [3.63, 3.8) is 0 Å². The minimum Gasteiger partial charge on any atom is -0.383 e. The number of carbonyl (C=O) groups excluding carboxylic acids is 2. The van der Waals surface area contributed by atoms with E-state index in [4.69, 9.17) is 29.0 Å². The van der Waals surface area contributed by atoms with Crippen LogP contribution in [0.15, 0.2) is 60.7 Å². The number of halogens is 4. The molecule has 0 fully saturated rings. The average molecular weight is 559 g/mol. The van der Waals surface area contributed by atoms with E-state index >= 15 is 4.39 Å². The minimum atomic E-state index is -0.766. The highest BCUT2D eigenvalue weighted by Crippen LogP contribution is 2.38. The third kappa shape index (κ3) is 5.47. The number of hydrazine groups is 1. The summed E-state index contributed by atoms with van der Waals surface area (Å²) < 4.78 is 30.9. The molecule has 8 nitrogen and oxygen atoms in total. The zero-order valence-corrected chi connectivity index (χ0v) is 21.5. The largest absolute Gasteiger partial charge is 0.383 e. The zero-order chi connectivity index (χ0) is 27.4. The van der Waals surface area contributed by atoms with Gasteiger partial charge in [-0.1, -0.05) is 41.4 Å². The first-order valence-corrected chi connectivity index (χ1v) is 12.1. The van der Waals surface area contributed by atoms with Crippen LogP contribution in [0.4, 0.5) is 14.5 Å². The molecule has 1 aromatic heterocycles. The second-order valence-corrected chi connectivity index (χ2v) is 8.91. The number of nitrogens with one attached hydrogen (secondary N) is 3. The Kier molecular flexibility index (Phi) is 8.26. The lowest BCUT2D eigenvalue weighted by Gasteiger charge is -2.17. The third-order valence-electron chi connectivity index (χ3n) is 5.57. The highest BCUT2D eigenvalue weighted by molar-refractivity contribution is 6.31. The molecule has 0 unspecified atom stereocenters. The van der Waals surface area contributed by atoms with Gasteiger partial charge in [0.25, 0.3) is 5.91 Å². The number of benzene rings is 3. The number of imidazole rings is 1. The lowest BCUT2D eigenvalue weighted by molar-refractivity contribution is -0.118. The molecular formula is C26H22Cl2F2N6O2. The van der Waals surface area contributed by atoms with E-state index in [9.17, 15) is 14.0 Å². The fraction of sp³-hybridized carbons (Fsp3) is 0.115. The SMILES string of the molecule is CC(=O)NCCNc1ccccc1-c1nc(C(=O)NN)c(-c2ccc(F)c(Cl)c2)n1-c1cccc(Cl)c1F. The van der Waals surface area contributed by atoms with Gasteiger partial charge in [-0.3, -0.25) is 19.6 Å². The van der Waals surface area contributed by atoms with Crippen molar-refractivity contribution in [3.8, 4) is 28.3 Å². The van der Waals surface area contributed by atoms with Gasteiger partial charge in [-0.15, -0.1) is 0 Å². The van der Waals surface area contributed by atoms with Crippen LogP contribution in [0.5, 0.6) is 0 Å². The first-order valence-electron chi connectivity index (χ1n) is 11.3. The van der Waals surface area contributed by atoms with Gasteiger partial charge in [0, 0.05) is 36.8 Å². The number of aromatic nitrogens is 2. The van der Waals surface area contributed by atoms with Crippen molar-refractivity contribution in [2.75, 3.05) is 18.4 Å². The van der Waals surface area contributed by atoms with Crippen LogP contribution in [0.25, 0.3) is 28.3 Å². The Balaban J connectivity index is 2.02. The molecule has 0 aliphatic carbocycles. The molecule has 4 aromatic rings. The summed E-state index contributed by atoms with van der Waals surface area (Å²) in [6.45, 7) is 2.14. The molecule has 0 saturated carbocycles. The molecule has 3 aromatic carbocycles. The van der Waals surface area contributed by atoms with Gasteiger partial charge in [-0.05, 0) is 42.5 Å². The van der Waals surface area contributed by atoms with Crippen LogP contribution in [-0.2, 0) is 4.79 Å². The Morgan fingerprint density at radius 1 is 1.00 bits per heavy atom. The van der Waals surface area contributed by atoms with Gasteiger partial charge in [0.1, 0.15) is 11.6 Å². The highest BCUT2D eigenvalue weighted by atomic mass is 35.5. The summed E-state index contributed by atoms with van der Waals surface area (Å²) in [5, 5.41) is 5.55. The van der Waals surface area contributed by atoms with Crippen LogP contribution in [-0.4, -0.2) is 34.5 Å². The van der Waals surface area contributed by atoms with E-state index < -0.39 is 17.5 Å². The summed E-state index contributed by atoms with van der Waals surface area (Å²) in [6.07, 6.45) is 0. The molecule has 0 saturated heterocycles. The summed E-state index contributed by atoms with van der Waals surface area (Å²) in [5.41, 5.74) is 3.37. The summed E-state index contributed by atoms with van der Waals surface area (Å²) in [5.74, 6) is 3.25. The maximum atomic E-state index is 15.5. The van der Waals surface area contributed by atoms with E-state index in [1.165, 1.54) is 35.8 Å². The average Bonchev–Trinajstić information content (AvgIpc) is 3.29. The normalized spacial score (nSPS) is 10.8. The van der Waals surface area contributed by atoms with Crippen LogP contribution < -0.4 is 21.9 Å². The van der Waals surface area contributed by atoms with Crippen LogP contribution in [0.2, 0.25) is 10.0 Å². The maximum Gasteiger partial charge on any atom is 0.286 e. The minimum absolute atomic E-state index is 0.0143. The monoisotopic (exact) mass is 558 g/mol. The van der Waals surface area contributed by atoms with Crippen molar-refractivity contribution < 1.29 is 18.4 Å². The first kappa shape index (κ1) is 27.1. The summed E-state index contributed by atoms with van der Waals surface area (Å²) >= 11 is 12.2. The Hall–Kier alpha value is -3.99. The van der Waals surface area contributed by atoms with E-state index in [0.29, 0.717) is 24.3 Å². The molecule has 5 N–H and O–H groups in total. The predicted octanol–water partition coefficient (Wildman–Crippen LogP) is 4.94. The molecule has 4 rings (SSSR count). The van der Waals surface area contributed by atoms with E-state index in [2.05, 4.69) is 21.0 Å². The highest BCUT2D eigenvalue weighted by Gasteiger charge is 2.28. The second kappa shape index (κ2) is 11.6. The van der Waals surface area contributed by atoms with Crippen LogP contribution in [0, 0.1) is 11.6 Å². The van der Waals surface area contributed by atoms with Crippen molar-refractivity contribution in [1.82, 2.24) is 20.3 Å².